The van der Waals surface area contributed by atoms with Crippen LogP contribution in [0, 0.1) is 11.7 Å². The van der Waals surface area contributed by atoms with Crippen LogP contribution in [0.4, 0.5) is 4.39 Å². The minimum absolute atomic E-state index is 0.0254. The number of carbonyl (C=O) groups is 1. The third-order valence-corrected chi connectivity index (χ3v) is 7.98. The van der Waals surface area contributed by atoms with E-state index in [4.69, 9.17) is 0 Å². The lowest BCUT2D eigenvalue weighted by atomic mass is 9.80. The summed E-state index contributed by atoms with van der Waals surface area (Å²) in [4.78, 5) is 32.7. The van der Waals surface area contributed by atoms with Crippen LogP contribution in [-0.2, 0) is 24.9 Å². The molecule has 4 aromatic rings. The number of hydrogen-bond donors (Lipinski definition) is 1. The zero-order valence-electron chi connectivity index (χ0n) is 21.5. The number of aryl methyl sites for hydroxylation is 1. The summed E-state index contributed by atoms with van der Waals surface area (Å²) in [5, 5.41) is 3.96. The van der Waals surface area contributed by atoms with E-state index < -0.39 is 0 Å². The summed E-state index contributed by atoms with van der Waals surface area (Å²) >= 11 is 0. The SMILES string of the molecule is Cn1ccc(C2CCNC[C@@H]2C(=O)N(Cc2cn(Cc3cccnc3)c3cccc(F)c23)C2CC2)cc1=O. The predicted octanol–water partition coefficient (Wildman–Crippen LogP) is 3.81. The summed E-state index contributed by atoms with van der Waals surface area (Å²) in [6, 6.07) is 12.8. The quantitative estimate of drug-likeness (QED) is 0.408. The molecule has 4 heterocycles. The Morgan fingerprint density at radius 3 is 2.82 bits per heavy atom. The van der Waals surface area contributed by atoms with Crippen molar-refractivity contribution in [3.8, 4) is 0 Å². The third-order valence-electron chi connectivity index (χ3n) is 7.98. The lowest BCUT2D eigenvalue weighted by molar-refractivity contribution is -0.138. The minimum atomic E-state index is -0.275. The Kier molecular flexibility index (Phi) is 6.57. The van der Waals surface area contributed by atoms with E-state index in [1.54, 1.807) is 36.1 Å². The summed E-state index contributed by atoms with van der Waals surface area (Å²) in [6.45, 7) is 2.31. The summed E-state index contributed by atoms with van der Waals surface area (Å²) in [6.07, 6.45) is 10.0. The van der Waals surface area contributed by atoms with Crippen LogP contribution < -0.4 is 10.9 Å². The van der Waals surface area contributed by atoms with Crippen LogP contribution in [0.3, 0.4) is 0 Å². The first-order valence-electron chi connectivity index (χ1n) is 13.3. The van der Waals surface area contributed by atoms with Crippen LogP contribution >= 0.6 is 0 Å². The van der Waals surface area contributed by atoms with Gasteiger partial charge in [-0.1, -0.05) is 12.1 Å². The fourth-order valence-corrected chi connectivity index (χ4v) is 5.81. The van der Waals surface area contributed by atoms with Crippen molar-refractivity contribution in [2.45, 2.75) is 44.3 Å². The van der Waals surface area contributed by atoms with Crippen molar-refractivity contribution in [1.82, 2.24) is 24.3 Å². The largest absolute Gasteiger partial charge is 0.343 e. The molecule has 196 valence electrons. The van der Waals surface area contributed by atoms with Crippen LogP contribution in [0.1, 0.15) is 41.9 Å². The van der Waals surface area contributed by atoms with Crippen molar-refractivity contribution in [2.75, 3.05) is 13.1 Å². The molecule has 0 spiro atoms. The standard InChI is InChI=1S/C30H32FN5O2/c1-34-13-10-21(14-28(34)37)24-9-12-33-16-25(24)30(38)36(23-7-8-23)19-22-18-35(17-20-4-3-11-32-15-20)27-6-2-5-26(31)29(22)27/h2-6,10-11,13-15,18,23-25,33H,7-9,12,16-17,19H2,1H3/t24?,25-/m0/s1. The van der Waals surface area contributed by atoms with Gasteiger partial charge in [-0.05, 0) is 72.7 Å². The number of benzene rings is 1. The first-order valence-corrected chi connectivity index (χ1v) is 13.3. The zero-order chi connectivity index (χ0) is 26.2. The molecule has 1 aliphatic heterocycles. The number of hydrogen-bond acceptors (Lipinski definition) is 4. The molecule has 1 N–H and O–H groups in total. The van der Waals surface area contributed by atoms with Crippen LogP contribution in [0.25, 0.3) is 10.9 Å². The van der Waals surface area contributed by atoms with Gasteiger partial charge in [0.2, 0.25) is 5.91 Å². The van der Waals surface area contributed by atoms with E-state index in [0.717, 1.165) is 48.0 Å². The average Bonchev–Trinajstić information content (AvgIpc) is 3.72. The number of nitrogens with zero attached hydrogens (tertiary/aromatic N) is 4. The molecule has 1 unspecified atom stereocenters. The molecule has 1 aromatic carbocycles. The number of carbonyl (C=O) groups excluding carboxylic acids is 1. The summed E-state index contributed by atoms with van der Waals surface area (Å²) in [7, 11) is 1.73. The van der Waals surface area contributed by atoms with Crippen molar-refractivity contribution in [1.29, 1.82) is 0 Å². The molecule has 8 heteroatoms. The lowest BCUT2D eigenvalue weighted by Gasteiger charge is -2.35. The molecule has 0 bridgehead atoms. The Morgan fingerprint density at radius 1 is 1.18 bits per heavy atom. The Bertz CT molecular complexity index is 1520. The third kappa shape index (κ3) is 4.76. The molecule has 3 aromatic heterocycles. The van der Waals surface area contributed by atoms with Crippen molar-refractivity contribution in [3.63, 3.8) is 0 Å². The van der Waals surface area contributed by atoms with E-state index in [1.165, 1.54) is 6.07 Å². The number of piperidine rings is 1. The number of rotatable bonds is 7. The van der Waals surface area contributed by atoms with E-state index in [1.807, 2.05) is 46.1 Å². The highest BCUT2D eigenvalue weighted by molar-refractivity contribution is 5.86. The van der Waals surface area contributed by atoms with Gasteiger partial charge in [-0.3, -0.25) is 14.6 Å². The molecule has 0 radical (unpaired) electrons. The van der Waals surface area contributed by atoms with E-state index in [0.29, 0.717) is 25.0 Å². The second-order valence-corrected chi connectivity index (χ2v) is 10.6. The average molecular weight is 514 g/mol. The van der Waals surface area contributed by atoms with Gasteiger partial charge >= 0.3 is 0 Å². The van der Waals surface area contributed by atoms with Gasteiger partial charge in [-0.25, -0.2) is 4.39 Å². The number of pyridine rings is 2. The molecule has 7 nitrogen and oxygen atoms in total. The number of aromatic nitrogens is 3. The highest BCUT2D eigenvalue weighted by atomic mass is 19.1. The first-order chi connectivity index (χ1) is 18.5. The number of fused-ring (bicyclic) bond motifs is 1. The van der Waals surface area contributed by atoms with Crippen LogP contribution in [0.2, 0.25) is 0 Å². The van der Waals surface area contributed by atoms with Crippen molar-refractivity contribution in [2.24, 2.45) is 13.0 Å². The highest BCUT2D eigenvalue weighted by Gasteiger charge is 2.40. The Labute approximate surface area is 220 Å². The van der Waals surface area contributed by atoms with Gasteiger partial charge in [-0.15, -0.1) is 0 Å². The minimum Gasteiger partial charge on any atom is -0.343 e. The van der Waals surface area contributed by atoms with E-state index >= 15 is 4.39 Å². The first kappa shape index (κ1) is 24.6. The normalized spacial score (nSPS) is 19.5. The van der Waals surface area contributed by atoms with Crippen LogP contribution in [-0.4, -0.2) is 44.1 Å². The second-order valence-electron chi connectivity index (χ2n) is 10.6. The molecular weight excluding hydrogens is 481 g/mol. The van der Waals surface area contributed by atoms with Crippen LogP contribution in [0.15, 0.2) is 72.0 Å². The molecular formula is C30H32FN5O2. The molecule has 1 aliphatic carbocycles. The second kappa shape index (κ2) is 10.2. The van der Waals surface area contributed by atoms with Gasteiger partial charge in [0.05, 0.1) is 11.4 Å². The van der Waals surface area contributed by atoms with Crippen LogP contribution in [0.5, 0.6) is 0 Å². The van der Waals surface area contributed by atoms with Crippen molar-refractivity contribution in [3.05, 3.63) is 100 Å². The molecule has 2 fully saturated rings. The molecule has 2 aliphatic rings. The maximum atomic E-state index is 15.2. The zero-order valence-corrected chi connectivity index (χ0v) is 21.5. The monoisotopic (exact) mass is 513 g/mol. The smallest absolute Gasteiger partial charge is 0.250 e. The maximum absolute atomic E-state index is 15.2. The fourth-order valence-electron chi connectivity index (χ4n) is 5.81. The summed E-state index contributed by atoms with van der Waals surface area (Å²) in [5.41, 5.74) is 3.51. The van der Waals surface area contributed by atoms with Gasteiger partial charge in [-0.2, -0.15) is 0 Å². The topological polar surface area (TPSA) is 72.2 Å². The van der Waals surface area contributed by atoms with Gasteiger partial charge in [0.15, 0.2) is 0 Å². The lowest BCUT2D eigenvalue weighted by Crippen LogP contribution is -2.47. The van der Waals surface area contributed by atoms with Gasteiger partial charge in [0.1, 0.15) is 5.82 Å². The number of nitrogens with one attached hydrogen (secondary N) is 1. The van der Waals surface area contributed by atoms with E-state index in [2.05, 4.69) is 10.3 Å². The summed E-state index contributed by atoms with van der Waals surface area (Å²) < 4.78 is 18.8. The molecule has 1 saturated carbocycles. The predicted molar refractivity (Wildman–Crippen MR) is 144 cm³/mol. The van der Waals surface area contributed by atoms with Gasteiger partial charge in [0, 0.05) is 69.0 Å². The number of halogens is 1. The van der Waals surface area contributed by atoms with E-state index in [9.17, 15) is 9.59 Å². The van der Waals surface area contributed by atoms with Gasteiger partial charge < -0.3 is 19.4 Å². The Hall–Kier alpha value is -3.78. The van der Waals surface area contributed by atoms with Crippen molar-refractivity contribution < 1.29 is 9.18 Å². The van der Waals surface area contributed by atoms with Gasteiger partial charge in [0.25, 0.3) is 5.56 Å². The molecule has 1 saturated heterocycles. The molecule has 1 amide bonds. The van der Waals surface area contributed by atoms with Crippen molar-refractivity contribution >= 4 is 16.8 Å². The highest BCUT2D eigenvalue weighted by Crippen LogP contribution is 2.37. The maximum Gasteiger partial charge on any atom is 0.250 e. The van der Waals surface area contributed by atoms with E-state index in [-0.39, 0.29) is 35.2 Å². The fraction of sp³-hybridized carbons (Fsp3) is 0.367. The molecule has 2 atom stereocenters. The molecule has 38 heavy (non-hydrogen) atoms. The Morgan fingerprint density at radius 2 is 2.05 bits per heavy atom. The summed E-state index contributed by atoms with van der Waals surface area (Å²) in [5.74, 6) is -0.495. The Balaban J connectivity index is 1.33. The number of amides is 1. The molecule has 6 rings (SSSR count).